The molecule has 0 aromatic heterocycles. The van der Waals surface area contributed by atoms with Gasteiger partial charge in [0.15, 0.2) is 0 Å². The van der Waals surface area contributed by atoms with E-state index in [0.717, 1.165) is 18.4 Å². The molecule has 2 amide bonds. The third kappa shape index (κ3) is 4.83. The first kappa shape index (κ1) is 17.5. The van der Waals surface area contributed by atoms with Crippen LogP contribution in [0.1, 0.15) is 28.8 Å². The molecule has 2 aromatic rings. The summed E-state index contributed by atoms with van der Waals surface area (Å²) in [4.78, 5) is 26.5. The summed E-state index contributed by atoms with van der Waals surface area (Å²) in [6.45, 7) is 1.33. The maximum atomic E-state index is 12.4. The number of benzene rings is 2. The van der Waals surface area contributed by atoms with Crippen LogP contribution in [0.3, 0.4) is 0 Å². The maximum absolute atomic E-state index is 12.4. The Balaban J connectivity index is 1.46. The molecule has 1 heterocycles. The largest absolute Gasteiger partial charge is 0.353 e. The minimum Gasteiger partial charge on any atom is -0.353 e. The number of likely N-dealkylation sites (tertiary alicyclic amines) is 1. The fourth-order valence-electron chi connectivity index (χ4n) is 3.06. The van der Waals surface area contributed by atoms with Gasteiger partial charge in [0, 0.05) is 29.7 Å². The van der Waals surface area contributed by atoms with Gasteiger partial charge in [-0.1, -0.05) is 41.9 Å². The van der Waals surface area contributed by atoms with Gasteiger partial charge in [-0.3, -0.25) is 9.59 Å². The lowest BCUT2D eigenvalue weighted by Gasteiger charge is -2.32. The van der Waals surface area contributed by atoms with Gasteiger partial charge in [-0.05, 0) is 42.7 Å². The first-order chi connectivity index (χ1) is 12.1. The van der Waals surface area contributed by atoms with E-state index in [2.05, 4.69) is 5.32 Å². The van der Waals surface area contributed by atoms with Crippen molar-refractivity contribution in [1.82, 2.24) is 10.2 Å². The van der Waals surface area contributed by atoms with E-state index in [1.165, 1.54) is 0 Å². The Bertz CT molecular complexity index is 723. The molecule has 0 saturated carbocycles. The van der Waals surface area contributed by atoms with Crippen LogP contribution >= 0.6 is 11.6 Å². The standard InChI is InChI=1S/C20H21ClN2O2/c21-17-8-6-15(7-9-17)14-19(24)22-18-10-12-23(13-11-18)20(25)16-4-2-1-3-5-16/h1-9,18H,10-14H2,(H,22,24). The highest BCUT2D eigenvalue weighted by atomic mass is 35.5. The molecule has 5 heteroatoms. The first-order valence-electron chi connectivity index (χ1n) is 8.50. The molecule has 2 aromatic carbocycles. The average molecular weight is 357 g/mol. The van der Waals surface area contributed by atoms with Crippen molar-refractivity contribution < 1.29 is 9.59 Å². The smallest absolute Gasteiger partial charge is 0.253 e. The van der Waals surface area contributed by atoms with E-state index in [-0.39, 0.29) is 17.9 Å². The average Bonchev–Trinajstić information content (AvgIpc) is 2.64. The second-order valence-electron chi connectivity index (χ2n) is 6.30. The number of nitrogens with one attached hydrogen (secondary N) is 1. The van der Waals surface area contributed by atoms with E-state index in [1.807, 2.05) is 47.4 Å². The summed E-state index contributed by atoms with van der Waals surface area (Å²) >= 11 is 5.85. The normalized spacial score (nSPS) is 15.0. The van der Waals surface area contributed by atoms with Gasteiger partial charge in [-0.25, -0.2) is 0 Å². The maximum Gasteiger partial charge on any atom is 0.253 e. The van der Waals surface area contributed by atoms with Gasteiger partial charge in [0.05, 0.1) is 6.42 Å². The Hall–Kier alpha value is -2.33. The van der Waals surface area contributed by atoms with E-state index in [4.69, 9.17) is 11.6 Å². The molecule has 1 aliphatic rings. The lowest BCUT2D eigenvalue weighted by molar-refractivity contribution is -0.121. The zero-order chi connectivity index (χ0) is 17.6. The Morgan fingerprint density at radius 3 is 2.28 bits per heavy atom. The van der Waals surface area contributed by atoms with Crippen molar-refractivity contribution in [3.05, 3.63) is 70.7 Å². The van der Waals surface area contributed by atoms with Crippen LogP contribution in [0.4, 0.5) is 0 Å². The zero-order valence-electron chi connectivity index (χ0n) is 14.0. The molecule has 0 unspecified atom stereocenters. The molecular formula is C20H21ClN2O2. The molecule has 4 nitrogen and oxygen atoms in total. The van der Waals surface area contributed by atoms with Crippen LogP contribution in [0.25, 0.3) is 0 Å². The number of rotatable bonds is 4. The predicted octanol–water partition coefficient (Wildman–Crippen LogP) is 3.30. The molecule has 1 fully saturated rings. The molecule has 3 rings (SSSR count). The van der Waals surface area contributed by atoms with Crippen LogP contribution in [0.5, 0.6) is 0 Å². The molecule has 0 atom stereocenters. The van der Waals surface area contributed by atoms with E-state index in [9.17, 15) is 9.59 Å². The second-order valence-corrected chi connectivity index (χ2v) is 6.74. The van der Waals surface area contributed by atoms with E-state index in [1.54, 1.807) is 12.1 Å². The SMILES string of the molecule is O=C(Cc1ccc(Cl)cc1)NC1CCN(C(=O)c2ccccc2)CC1. The highest BCUT2D eigenvalue weighted by molar-refractivity contribution is 6.30. The van der Waals surface area contributed by atoms with E-state index < -0.39 is 0 Å². The van der Waals surface area contributed by atoms with Crippen molar-refractivity contribution in [2.75, 3.05) is 13.1 Å². The van der Waals surface area contributed by atoms with Crippen molar-refractivity contribution in [3.8, 4) is 0 Å². The Kier molecular flexibility index (Phi) is 5.71. The van der Waals surface area contributed by atoms with Gasteiger partial charge in [0.1, 0.15) is 0 Å². The van der Waals surface area contributed by atoms with Crippen molar-refractivity contribution in [2.24, 2.45) is 0 Å². The third-order valence-corrected chi connectivity index (χ3v) is 4.70. The number of carbonyl (C=O) groups is 2. The zero-order valence-corrected chi connectivity index (χ0v) is 14.7. The predicted molar refractivity (Wildman–Crippen MR) is 98.7 cm³/mol. The fraction of sp³-hybridized carbons (Fsp3) is 0.300. The molecule has 0 radical (unpaired) electrons. The summed E-state index contributed by atoms with van der Waals surface area (Å²) in [5.74, 6) is 0.0710. The van der Waals surface area contributed by atoms with Crippen LogP contribution < -0.4 is 5.32 Å². The summed E-state index contributed by atoms with van der Waals surface area (Å²) in [5.41, 5.74) is 1.66. The van der Waals surface area contributed by atoms with Gasteiger partial charge in [-0.15, -0.1) is 0 Å². The molecule has 1 N–H and O–H groups in total. The van der Waals surface area contributed by atoms with Crippen LogP contribution in [-0.4, -0.2) is 35.8 Å². The van der Waals surface area contributed by atoms with Crippen molar-refractivity contribution >= 4 is 23.4 Å². The Morgan fingerprint density at radius 2 is 1.64 bits per heavy atom. The van der Waals surface area contributed by atoms with Crippen LogP contribution in [0.15, 0.2) is 54.6 Å². The van der Waals surface area contributed by atoms with Gasteiger partial charge >= 0.3 is 0 Å². The van der Waals surface area contributed by atoms with E-state index in [0.29, 0.717) is 30.1 Å². The van der Waals surface area contributed by atoms with Crippen LogP contribution in [0, 0.1) is 0 Å². The molecular weight excluding hydrogens is 336 g/mol. The molecule has 1 aliphatic heterocycles. The van der Waals surface area contributed by atoms with Crippen molar-refractivity contribution in [1.29, 1.82) is 0 Å². The number of piperidine rings is 1. The first-order valence-corrected chi connectivity index (χ1v) is 8.88. The summed E-state index contributed by atoms with van der Waals surface area (Å²) in [7, 11) is 0. The third-order valence-electron chi connectivity index (χ3n) is 4.45. The summed E-state index contributed by atoms with van der Waals surface area (Å²) in [5, 5.41) is 3.74. The molecule has 130 valence electrons. The number of amides is 2. The monoisotopic (exact) mass is 356 g/mol. The van der Waals surface area contributed by atoms with Crippen LogP contribution in [-0.2, 0) is 11.2 Å². The number of hydrogen-bond donors (Lipinski definition) is 1. The highest BCUT2D eigenvalue weighted by Gasteiger charge is 2.24. The number of carbonyl (C=O) groups excluding carboxylic acids is 2. The molecule has 0 spiro atoms. The molecule has 1 saturated heterocycles. The van der Waals surface area contributed by atoms with Gasteiger partial charge in [0.2, 0.25) is 5.91 Å². The van der Waals surface area contributed by atoms with Gasteiger partial charge in [0.25, 0.3) is 5.91 Å². The van der Waals surface area contributed by atoms with E-state index >= 15 is 0 Å². The number of halogens is 1. The minimum atomic E-state index is 0.00941. The Labute approximate surface area is 152 Å². The lowest BCUT2D eigenvalue weighted by Crippen LogP contribution is -2.46. The number of nitrogens with zero attached hydrogens (tertiary/aromatic N) is 1. The fourth-order valence-corrected chi connectivity index (χ4v) is 3.18. The second kappa shape index (κ2) is 8.17. The molecule has 25 heavy (non-hydrogen) atoms. The summed E-state index contributed by atoms with van der Waals surface area (Å²) in [6, 6.07) is 16.7. The number of hydrogen-bond acceptors (Lipinski definition) is 2. The lowest BCUT2D eigenvalue weighted by atomic mass is 10.0. The van der Waals surface area contributed by atoms with Gasteiger partial charge in [-0.2, -0.15) is 0 Å². The molecule has 0 aliphatic carbocycles. The topological polar surface area (TPSA) is 49.4 Å². The Morgan fingerprint density at radius 1 is 1.00 bits per heavy atom. The summed E-state index contributed by atoms with van der Waals surface area (Å²) < 4.78 is 0. The van der Waals surface area contributed by atoms with Gasteiger partial charge < -0.3 is 10.2 Å². The van der Waals surface area contributed by atoms with Crippen molar-refractivity contribution in [2.45, 2.75) is 25.3 Å². The minimum absolute atomic E-state index is 0.00941. The van der Waals surface area contributed by atoms with Crippen molar-refractivity contribution in [3.63, 3.8) is 0 Å². The quantitative estimate of drug-likeness (QED) is 0.913. The molecule has 0 bridgehead atoms. The summed E-state index contributed by atoms with van der Waals surface area (Å²) in [6.07, 6.45) is 1.91. The van der Waals surface area contributed by atoms with Crippen LogP contribution in [0.2, 0.25) is 5.02 Å². The highest BCUT2D eigenvalue weighted by Crippen LogP contribution is 2.15.